The quantitative estimate of drug-likeness (QED) is 0.529. The summed E-state index contributed by atoms with van der Waals surface area (Å²) in [6.07, 6.45) is 4.59. The van der Waals surface area contributed by atoms with Crippen LogP contribution in [0.15, 0.2) is 35.9 Å². The van der Waals surface area contributed by atoms with Crippen LogP contribution in [-0.2, 0) is 4.79 Å². The predicted molar refractivity (Wildman–Crippen MR) is 99.6 cm³/mol. The second-order valence-corrected chi connectivity index (χ2v) is 6.70. The Labute approximate surface area is 160 Å². The number of benzene rings is 1. The summed E-state index contributed by atoms with van der Waals surface area (Å²) in [5.41, 5.74) is 1.11. The summed E-state index contributed by atoms with van der Waals surface area (Å²) in [6, 6.07) is 4.20. The molecule has 3 aromatic heterocycles. The van der Waals surface area contributed by atoms with E-state index in [0.717, 1.165) is 4.96 Å². The maximum atomic E-state index is 14.1. The molecule has 1 N–H and O–H groups in total. The van der Waals surface area contributed by atoms with Crippen molar-refractivity contribution >= 4 is 45.6 Å². The third-order valence-corrected chi connectivity index (χ3v) is 4.76. The molecular formula is C16H11ClFN7OS. The number of hydrogen-bond acceptors (Lipinski definition) is 6. The van der Waals surface area contributed by atoms with Crippen molar-refractivity contribution in [2.45, 2.75) is 6.92 Å². The molecule has 11 heteroatoms. The molecule has 0 aliphatic heterocycles. The van der Waals surface area contributed by atoms with Crippen molar-refractivity contribution in [3.8, 4) is 5.69 Å². The summed E-state index contributed by atoms with van der Waals surface area (Å²) in [5, 5.41) is 15.8. The lowest BCUT2D eigenvalue weighted by atomic mass is 10.2. The van der Waals surface area contributed by atoms with E-state index in [0.29, 0.717) is 17.2 Å². The monoisotopic (exact) mass is 403 g/mol. The van der Waals surface area contributed by atoms with Gasteiger partial charge in [-0.3, -0.25) is 9.20 Å². The first-order valence-corrected chi connectivity index (χ1v) is 8.94. The van der Waals surface area contributed by atoms with Gasteiger partial charge in [-0.1, -0.05) is 11.6 Å². The van der Waals surface area contributed by atoms with Gasteiger partial charge in [0.15, 0.2) is 15.9 Å². The fourth-order valence-corrected chi connectivity index (χ4v) is 3.47. The van der Waals surface area contributed by atoms with E-state index >= 15 is 0 Å². The Hall–Kier alpha value is -3.11. The van der Waals surface area contributed by atoms with Crippen LogP contribution < -0.4 is 5.32 Å². The molecule has 27 heavy (non-hydrogen) atoms. The van der Waals surface area contributed by atoms with Gasteiger partial charge in [-0.15, -0.1) is 16.4 Å². The van der Waals surface area contributed by atoms with Crippen LogP contribution in [0.25, 0.3) is 16.7 Å². The van der Waals surface area contributed by atoms with Crippen molar-refractivity contribution in [3.63, 3.8) is 0 Å². The Kier molecular flexibility index (Phi) is 4.42. The smallest absolute Gasteiger partial charge is 0.248 e. The Morgan fingerprint density at radius 2 is 2.26 bits per heavy atom. The second kappa shape index (κ2) is 6.89. The third-order valence-electron chi connectivity index (χ3n) is 3.72. The van der Waals surface area contributed by atoms with E-state index in [1.807, 2.05) is 5.38 Å². The summed E-state index contributed by atoms with van der Waals surface area (Å²) in [6.45, 7) is 1.71. The Morgan fingerprint density at radius 1 is 1.41 bits per heavy atom. The highest BCUT2D eigenvalue weighted by Crippen LogP contribution is 2.23. The van der Waals surface area contributed by atoms with E-state index in [9.17, 15) is 9.18 Å². The average molecular weight is 404 g/mol. The number of hydrogen-bond donors (Lipinski definition) is 1. The van der Waals surface area contributed by atoms with Gasteiger partial charge in [0.05, 0.1) is 17.1 Å². The van der Waals surface area contributed by atoms with Crippen molar-refractivity contribution in [1.29, 1.82) is 0 Å². The molecular weight excluding hydrogens is 393 g/mol. The molecule has 3 heterocycles. The standard InChI is InChI=1S/C16H11ClFN7OS/c1-9-21-22-23-25(9)10-2-3-11(18)12(8-10)19-14(26)5-4-13-15(17)20-16-24(13)6-7-27-16/h2-8H,1H3,(H,19,26)/b5-4+. The van der Waals surface area contributed by atoms with Gasteiger partial charge in [0.1, 0.15) is 5.82 Å². The number of nitrogens with one attached hydrogen (secondary N) is 1. The molecule has 1 amide bonds. The van der Waals surface area contributed by atoms with Gasteiger partial charge in [0.25, 0.3) is 0 Å². The highest BCUT2D eigenvalue weighted by Gasteiger charge is 2.11. The van der Waals surface area contributed by atoms with E-state index in [1.165, 1.54) is 46.4 Å². The van der Waals surface area contributed by atoms with Crippen molar-refractivity contribution in [3.05, 3.63) is 58.3 Å². The zero-order valence-electron chi connectivity index (χ0n) is 13.8. The van der Waals surface area contributed by atoms with E-state index < -0.39 is 11.7 Å². The van der Waals surface area contributed by atoms with Gasteiger partial charge in [-0.25, -0.2) is 9.37 Å². The first-order valence-electron chi connectivity index (χ1n) is 7.68. The van der Waals surface area contributed by atoms with Gasteiger partial charge in [0, 0.05) is 17.7 Å². The molecule has 0 fully saturated rings. The van der Waals surface area contributed by atoms with Crippen LogP contribution >= 0.6 is 22.9 Å². The van der Waals surface area contributed by atoms with Crippen molar-refractivity contribution in [1.82, 2.24) is 29.6 Å². The number of rotatable bonds is 4. The first kappa shape index (κ1) is 17.3. The van der Waals surface area contributed by atoms with E-state index in [1.54, 1.807) is 17.5 Å². The van der Waals surface area contributed by atoms with Crippen molar-refractivity contribution in [2.75, 3.05) is 5.32 Å². The number of halogens is 2. The molecule has 0 saturated carbocycles. The number of carbonyl (C=O) groups excluding carboxylic acids is 1. The molecule has 136 valence electrons. The van der Waals surface area contributed by atoms with Crippen molar-refractivity contribution < 1.29 is 9.18 Å². The molecule has 1 aromatic carbocycles. The molecule has 0 bridgehead atoms. The van der Waals surface area contributed by atoms with Crippen LogP contribution in [0.4, 0.5) is 10.1 Å². The lowest BCUT2D eigenvalue weighted by molar-refractivity contribution is -0.111. The van der Waals surface area contributed by atoms with Gasteiger partial charge in [-0.2, -0.15) is 4.68 Å². The predicted octanol–water partition coefficient (Wildman–Crippen LogP) is 3.12. The van der Waals surface area contributed by atoms with Crippen LogP contribution in [-0.4, -0.2) is 35.5 Å². The molecule has 0 atom stereocenters. The topological polar surface area (TPSA) is 90.0 Å². The zero-order chi connectivity index (χ0) is 19.0. The van der Waals surface area contributed by atoms with E-state index in [4.69, 9.17) is 11.6 Å². The molecule has 0 radical (unpaired) electrons. The lowest BCUT2D eigenvalue weighted by Gasteiger charge is -2.07. The summed E-state index contributed by atoms with van der Waals surface area (Å²) >= 11 is 7.51. The zero-order valence-corrected chi connectivity index (χ0v) is 15.4. The van der Waals surface area contributed by atoms with E-state index in [-0.39, 0.29) is 10.8 Å². The number of amides is 1. The number of aryl methyl sites for hydroxylation is 1. The van der Waals surface area contributed by atoms with Gasteiger partial charge in [0.2, 0.25) is 5.91 Å². The molecule has 0 spiro atoms. The highest BCUT2D eigenvalue weighted by molar-refractivity contribution is 7.15. The second-order valence-electron chi connectivity index (χ2n) is 5.47. The minimum Gasteiger partial charge on any atom is -0.320 e. The summed E-state index contributed by atoms with van der Waals surface area (Å²) in [4.78, 5) is 17.1. The summed E-state index contributed by atoms with van der Waals surface area (Å²) < 4.78 is 17.3. The number of thiazole rings is 1. The first-order chi connectivity index (χ1) is 13.0. The number of anilines is 1. The molecule has 0 saturated heterocycles. The Bertz CT molecular complexity index is 1180. The van der Waals surface area contributed by atoms with Crippen LogP contribution in [0.2, 0.25) is 5.15 Å². The number of carbonyl (C=O) groups is 1. The highest BCUT2D eigenvalue weighted by atomic mass is 35.5. The minimum atomic E-state index is -0.575. The van der Waals surface area contributed by atoms with Gasteiger partial charge in [-0.05, 0) is 41.6 Å². The fraction of sp³-hybridized carbons (Fsp3) is 0.0625. The molecule has 0 aliphatic carbocycles. The van der Waals surface area contributed by atoms with Crippen LogP contribution in [0.5, 0.6) is 0 Å². The maximum absolute atomic E-state index is 14.1. The fourth-order valence-electron chi connectivity index (χ4n) is 2.47. The molecule has 0 aliphatic rings. The SMILES string of the molecule is Cc1nnnn1-c1ccc(F)c(NC(=O)/C=C/c2c(Cl)nc3sccn23)c1. The number of tetrazole rings is 1. The van der Waals surface area contributed by atoms with Crippen LogP contribution in [0.3, 0.4) is 0 Å². The molecule has 4 aromatic rings. The largest absolute Gasteiger partial charge is 0.320 e. The number of fused-ring (bicyclic) bond motifs is 1. The molecule has 8 nitrogen and oxygen atoms in total. The van der Waals surface area contributed by atoms with Gasteiger partial charge >= 0.3 is 0 Å². The Balaban J connectivity index is 1.57. The third kappa shape index (κ3) is 3.32. The summed E-state index contributed by atoms with van der Waals surface area (Å²) in [5.74, 6) is -0.552. The molecule has 0 unspecified atom stereocenters. The summed E-state index contributed by atoms with van der Waals surface area (Å²) in [7, 11) is 0. The molecule has 4 rings (SSSR count). The van der Waals surface area contributed by atoms with E-state index in [2.05, 4.69) is 25.8 Å². The maximum Gasteiger partial charge on any atom is 0.248 e. The Morgan fingerprint density at radius 3 is 3.04 bits per heavy atom. The normalized spacial score (nSPS) is 11.5. The lowest BCUT2D eigenvalue weighted by Crippen LogP contribution is -2.10. The van der Waals surface area contributed by atoms with Gasteiger partial charge < -0.3 is 5.32 Å². The number of imidazole rings is 1. The van der Waals surface area contributed by atoms with Crippen LogP contribution in [0.1, 0.15) is 11.5 Å². The van der Waals surface area contributed by atoms with Crippen LogP contribution in [0, 0.1) is 12.7 Å². The number of aromatic nitrogens is 6. The average Bonchev–Trinajstić information content (AvgIpc) is 3.32. The minimum absolute atomic E-state index is 0.0112. The number of nitrogens with zero attached hydrogens (tertiary/aromatic N) is 6. The van der Waals surface area contributed by atoms with Crippen molar-refractivity contribution in [2.24, 2.45) is 0 Å².